The molecule has 0 spiro atoms. The van der Waals surface area contributed by atoms with Gasteiger partial charge in [0.05, 0.1) is 11.0 Å². The molecule has 0 radical (unpaired) electrons. The number of aliphatic hydroxyl groups excluding tert-OH is 1. The maximum absolute atomic E-state index is 13.1. The predicted octanol–water partition coefficient (Wildman–Crippen LogP) is 2.06. The fraction of sp³-hybridized carbons (Fsp3) is 0.308. The van der Waals surface area contributed by atoms with Crippen LogP contribution in [0.1, 0.15) is 17.4 Å². The van der Waals surface area contributed by atoms with Gasteiger partial charge in [-0.05, 0) is 24.6 Å². The second-order valence-corrected chi connectivity index (χ2v) is 4.73. The normalized spacial score (nSPS) is 12.2. The minimum atomic E-state index is -1.16. The summed E-state index contributed by atoms with van der Waals surface area (Å²) >= 11 is 0. The average Bonchev–Trinajstić information content (AvgIpc) is 2.73. The van der Waals surface area contributed by atoms with Crippen molar-refractivity contribution in [2.24, 2.45) is 7.05 Å². The highest BCUT2D eigenvalue weighted by atomic mass is 19.2. The van der Waals surface area contributed by atoms with E-state index in [1.54, 1.807) is 0 Å². The minimum absolute atomic E-state index is 0.120. The van der Waals surface area contributed by atoms with E-state index in [1.165, 1.54) is 24.7 Å². The van der Waals surface area contributed by atoms with E-state index in [1.807, 2.05) is 0 Å². The lowest BCUT2D eigenvalue weighted by molar-refractivity contribution is -0.384. The van der Waals surface area contributed by atoms with Gasteiger partial charge in [0, 0.05) is 13.6 Å². The van der Waals surface area contributed by atoms with E-state index >= 15 is 0 Å². The van der Waals surface area contributed by atoms with Gasteiger partial charge in [-0.2, -0.15) is 5.10 Å². The molecule has 1 atom stereocenters. The fourth-order valence-corrected chi connectivity index (χ4v) is 2.09. The van der Waals surface area contributed by atoms with Gasteiger partial charge in [-0.25, -0.2) is 13.5 Å². The molecule has 0 unspecified atom stereocenters. The van der Waals surface area contributed by atoms with Gasteiger partial charge in [-0.1, -0.05) is 6.07 Å². The summed E-state index contributed by atoms with van der Waals surface area (Å²) in [6.45, 7) is 1.37. The molecule has 0 saturated heterocycles. The van der Waals surface area contributed by atoms with Gasteiger partial charge in [-0.15, -0.1) is 0 Å². The van der Waals surface area contributed by atoms with Gasteiger partial charge >= 0.3 is 5.69 Å². The molecule has 0 amide bonds. The lowest BCUT2D eigenvalue weighted by Crippen LogP contribution is -2.15. The molecule has 1 heterocycles. The topological polar surface area (TPSA) is 93.2 Å². The van der Waals surface area contributed by atoms with Crippen LogP contribution in [0.2, 0.25) is 0 Å². The summed E-state index contributed by atoms with van der Waals surface area (Å²) in [6, 6.07) is 3.03. The highest BCUT2D eigenvalue weighted by Gasteiger charge is 2.24. The van der Waals surface area contributed by atoms with Crippen molar-refractivity contribution in [3.63, 3.8) is 0 Å². The third kappa shape index (κ3) is 3.03. The molecule has 0 aliphatic heterocycles. The number of aromatic nitrogens is 2. The van der Waals surface area contributed by atoms with E-state index in [4.69, 9.17) is 0 Å². The molecule has 2 N–H and O–H groups in total. The number of aliphatic hydroxyl groups is 1. The molecule has 0 aliphatic rings. The summed E-state index contributed by atoms with van der Waals surface area (Å²) in [5.74, 6) is -1.95. The van der Waals surface area contributed by atoms with Crippen molar-refractivity contribution in [2.45, 2.75) is 13.0 Å². The number of halogens is 2. The van der Waals surface area contributed by atoms with Gasteiger partial charge < -0.3 is 10.4 Å². The Morgan fingerprint density at radius 3 is 2.73 bits per heavy atom. The third-order valence-electron chi connectivity index (χ3n) is 3.16. The van der Waals surface area contributed by atoms with E-state index < -0.39 is 22.7 Å². The Labute approximate surface area is 124 Å². The number of nitro groups is 1. The van der Waals surface area contributed by atoms with Crippen LogP contribution in [0.4, 0.5) is 20.3 Å². The van der Waals surface area contributed by atoms with Crippen LogP contribution in [0.25, 0.3) is 0 Å². The number of anilines is 1. The molecule has 118 valence electrons. The van der Waals surface area contributed by atoms with E-state index in [-0.39, 0.29) is 29.3 Å². The smallest absolute Gasteiger partial charge is 0.333 e. The molecule has 1 aromatic heterocycles. The Morgan fingerprint density at radius 2 is 2.14 bits per heavy atom. The first-order valence-electron chi connectivity index (χ1n) is 6.36. The second kappa shape index (κ2) is 6.06. The molecule has 0 saturated carbocycles. The van der Waals surface area contributed by atoms with Crippen molar-refractivity contribution >= 4 is 11.5 Å². The summed E-state index contributed by atoms with van der Waals surface area (Å²) < 4.78 is 27.3. The van der Waals surface area contributed by atoms with Gasteiger partial charge in [-0.3, -0.25) is 10.1 Å². The van der Waals surface area contributed by atoms with Crippen molar-refractivity contribution in [1.82, 2.24) is 9.78 Å². The molecule has 2 rings (SSSR count). The Hall–Kier alpha value is -2.55. The molecular weight excluding hydrogens is 298 g/mol. The lowest BCUT2D eigenvalue weighted by atomic mass is 10.1. The monoisotopic (exact) mass is 312 g/mol. The number of benzene rings is 1. The maximum atomic E-state index is 13.1. The number of hydrogen-bond donors (Lipinski definition) is 2. The first-order chi connectivity index (χ1) is 10.3. The van der Waals surface area contributed by atoms with Crippen LogP contribution in [0, 0.1) is 28.7 Å². The van der Waals surface area contributed by atoms with Crippen LogP contribution in [0.5, 0.6) is 0 Å². The molecule has 9 heteroatoms. The summed E-state index contributed by atoms with van der Waals surface area (Å²) in [6.07, 6.45) is -1.16. The SMILES string of the molecule is Cc1nn(C)c(NC[C@@H](O)c2ccc(F)c(F)c2)c1[N+](=O)[O-]. The lowest BCUT2D eigenvalue weighted by Gasteiger charge is -2.13. The molecule has 1 aromatic carbocycles. The number of rotatable bonds is 5. The number of hydrogen-bond acceptors (Lipinski definition) is 5. The number of nitrogens with zero attached hydrogens (tertiary/aromatic N) is 3. The van der Waals surface area contributed by atoms with Gasteiger partial charge in [0.15, 0.2) is 11.6 Å². The van der Waals surface area contributed by atoms with Gasteiger partial charge in [0.1, 0.15) is 5.69 Å². The molecule has 22 heavy (non-hydrogen) atoms. The van der Waals surface area contributed by atoms with E-state index in [0.29, 0.717) is 0 Å². The van der Waals surface area contributed by atoms with Crippen LogP contribution < -0.4 is 5.32 Å². The molecule has 2 aromatic rings. The van der Waals surface area contributed by atoms with Gasteiger partial charge in [0.2, 0.25) is 5.82 Å². The molecular formula is C13H14F2N4O3. The largest absolute Gasteiger partial charge is 0.387 e. The zero-order chi connectivity index (χ0) is 16.4. The Bertz CT molecular complexity index is 718. The predicted molar refractivity (Wildman–Crippen MR) is 74.4 cm³/mol. The maximum Gasteiger partial charge on any atom is 0.333 e. The molecule has 7 nitrogen and oxygen atoms in total. The third-order valence-corrected chi connectivity index (χ3v) is 3.16. The fourth-order valence-electron chi connectivity index (χ4n) is 2.09. The molecule has 0 fully saturated rings. The van der Waals surface area contributed by atoms with Crippen molar-refractivity contribution < 1.29 is 18.8 Å². The quantitative estimate of drug-likeness (QED) is 0.651. The Morgan fingerprint density at radius 1 is 1.45 bits per heavy atom. The number of aryl methyl sites for hydroxylation is 2. The van der Waals surface area contributed by atoms with Crippen LogP contribution in [-0.2, 0) is 7.05 Å². The average molecular weight is 312 g/mol. The van der Waals surface area contributed by atoms with Crippen molar-refractivity contribution in [2.75, 3.05) is 11.9 Å². The van der Waals surface area contributed by atoms with Crippen LogP contribution in [0.15, 0.2) is 18.2 Å². The van der Waals surface area contributed by atoms with E-state index in [9.17, 15) is 24.0 Å². The van der Waals surface area contributed by atoms with Crippen molar-refractivity contribution in [1.29, 1.82) is 0 Å². The van der Waals surface area contributed by atoms with Crippen molar-refractivity contribution in [3.8, 4) is 0 Å². The van der Waals surface area contributed by atoms with Crippen molar-refractivity contribution in [3.05, 3.63) is 51.2 Å². The van der Waals surface area contributed by atoms with Crippen LogP contribution in [-0.4, -0.2) is 26.4 Å². The number of nitrogens with one attached hydrogen (secondary N) is 1. The van der Waals surface area contributed by atoms with Crippen LogP contribution in [0.3, 0.4) is 0 Å². The minimum Gasteiger partial charge on any atom is -0.387 e. The second-order valence-electron chi connectivity index (χ2n) is 4.73. The molecule has 0 bridgehead atoms. The highest BCUT2D eigenvalue weighted by Crippen LogP contribution is 2.28. The van der Waals surface area contributed by atoms with Gasteiger partial charge in [0.25, 0.3) is 0 Å². The zero-order valence-corrected chi connectivity index (χ0v) is 11.9. The highest BCUT2D eigenvalue weighted by molar-refractivity contribution is 5.59. The standard InChI is InChI=1S/C13H14F2N4O3/c1-7-12(19(21)22)13(18(2)17-7)16-6-11(20)8-3-4-9(14)10(15)5-8/h3-5,11,16,20H,6H2,1-2H3/t11-/m1/s1. The zero-order valence-electron chi connectivity index (χ0n) is 11.9. The first kappa shape index (κ1) is 15.8. The summed E-state index contributed by atoms with van der Waals surface area (Å²) in [5, 5.41) is 27.6. The Kier molecular flexibility index (Phi) is 4.36. The summed E-state index contributed by atoms with van der Waals surface area (Å²) in [5.41, 5.74) is 0.199. The first-order valence-corrected chi connectivity index (χ1v) is 6.36. The summed E-state index contributed by atoms with van der Waals surface area (Å²) in [4.78, 5) is 10.4. The summed E-state index contributed by atoms with van der Waals surface area (Å²) in [7, 11) is 1.52. The van der Waals surface area contributed by atoms with E-state index in [0.717, 1.165) is 12.1 Å². The van der Waals surface area contributed by atoms with Crippen LogP contribution >= 0.6 is 0 Å². The Balaban J connectivity index is 2.16. The van der Waals surface area contributed by atoms with E-state index in [2.05, 4.69) is 10.4 Å². The molecule has 0 aliphatic carbocycles.